The minimum atomic E-state index is -0.730. The first-order chi connectivity index (χ1) is 10.2. The second-order valence-corrected chi connectivity index (χ2v) is 6.52. The Morgan fingerprint density at radius 1 is 1.24 bits per heavy atom. The van der Waals surface area contributed by atoms with Gasteiger partial charge in [-0.3, -0.25) is 9.59 Å². The summed E-state index contributed by atoms with van der Waals surface area (Å²) in [7, 11) is 0. The van der Waals surface area contributed by atoms with Crippen LogP contribution in [-0.4, -0.2) is 29.3 Å². The van der Waals surface area contributed by atoms with Gasteiger partial charge in [0.2, 0.25) is 5.91 Å². The van der Waals surface area contributed by atoms with Gasteiger partial charge in [0.1, 0.15) is 0 Å². The van der Waals surface area contributed by atoms with Gasteiger partial charge in [-0.1, -0.05) is 24.6 Å². The molecule has 1 aromatic carbocycles. The molecule has 1 aliphatic carbocycles. The van der Waals surface area contributed by atoms with Crippen LogP contribution in [0.2, 0.25) is 0 Å². The first-order valence-electron chi connectivity index (χ1n) is 7.34. The van der Waals surface area contributed by atoms with Gasteiger partial charge in [0.25, 0.3) is 0 Å². The fourth-order valence-corrected chi connectivity index (χ4v) is 3.59. The lowest BCUT2D eigenvalue weighted by Crippen LogP contribution is -2.33. The Labute approximate surface area is 129 Å². The smallest absolute Gasteiger partial charge is 0.306 e. The van der Waals surface area contributed by atoms with E-state index in [0.717, 1.165) is 29.9 Å². The molecule has 4 nitrogen and oxygen atoms in total. The van der Waals surface area contributed by atoms with Crippen LogP contribution in [-0.2, 0) is 9.59 Å². The van der Waals surface area contributed by atoms with E-state index >= 15 is 0 Å². The Hall–Kier alpha value is -1.49. The van der Waals surface area contributed by atoms with Crippen molar-refractivity contribution < 1.29 is 14.7 Å². The second kappa shape index (κ2) is 8.08. The van der Waals surface area contributed by atoms with Crippen molar-refractivity contribution in [3.05, 3.63) is 30.3 Å². The monoisotopic (exact) mass is 307 g/mol. The predicted octanol–water partition coefficient (Wildman–Crippen LogP) is 2.79. The van der Waals surface area contributed by atoms with E-state index in [1.165, 1.54) is 0 Å². The molecule has 1 aliphatic rings. The molecule has 1 aromatic rings. The summed E-state index contributed by atoms with van der Waals surface area (Å²) in [6, 6.07) is 9.98. The third-order valence-corrected chi connectivity index (χ3v) is 4.89. The summed E-state index contributed by atoms with van der Waals surface area (Å²) in [5.41, 5.74) is 0. The standard InChI is InChI=1S/C16H21NO3S/c18-15(9-10-21-13-6-2-1-3-7-13)17-11-12-5-4-8-14(12)16(19)20/h1-3,6-7,12,14H,4-5,8-11H2,(H,17,18)(H,19,20). The molecule has 0 spiro atoms. The first-order valence-corrected chi connectivity index (χ1v) is 8.32. The lowest BCUT2D eigenvalue weighted by molar-refractivity contribution is -0.143. The molecule has 0 saturated heterocycles. The third-order valence-electron chi connectivity index (χ3n) is 3.88. The van der Waals surface area contributed by atoms with Gasteiger partial charge in [-0.2, -0.15) is 0 Å². The number of carboxylic acid groups (broad SMARTS) is 1. The lowest BCUT2D eigenvalue weighted by atomic mass is 9.96. The maximum Gasteiger partial charge on any atom is 0.306 e. The van der Waals surface area contributed by atoms with Crippen LogP contribution in [0.15, 0.2) is 35.2 Å². The Balaban J connectivity index is 1.65. The number of carbonyl (C=O) groups is 2. The molecule has 0 aliphatic heterocycles. The number of hydrogen-bond donors (Lipinski definition) is 2. The minimum Gasteiger partial charge on any atom is -0.481 e. The average molecular weight is 307 g/mol. The van der Waals surface area contributed by atoms with Gasteiger partial charge in [0, 0.05) is 23.6 Å². The van der Waals surface area contributed by atoms with Crippen LogP contribution in [0, 0.1) is 11.8 Å². The van der Waals surface area contributed by atoms with Gasteiger partial charge in [-0.25, -0.2) is 0 Å². The molecule has 114 valence electrons. The molecule has 21 heavy (non-hydrogen) atoms. The summed E-state index contributed by atoms with van der Waals surface area (Å²) in [6.45, 7) is 0.492. The van der Waals surface area contributed by atoms with Gasteiger partial charge < -0.3 is 10.4 Å². The van der Waals surface area contributed by atoms with Crippen molar-refractivity contribution in [2.24, 2.45) is 11.8 Å². The summed E-state index contributed by atoms with van der Waals surface area (Å²) in [6.07, 6.45) is 3.04. The van der Waals surface area contributed by atoms with E-state index < -0.39 is 5.97 Å². The number of benzene rings is 1. The quantitative estimate of drug-likeness (QED) is 0.760. The van der Waals surface area contributed by atoms with Crippen molar-refractivity contribution in [1.82, 2.24) is 5.32 Å². The zero-order valence-electron chi connectivity index (χ0n) is 12.0. The van der Waals surface area contributed by atoms with E-state index in [2.05, 4.69) is 5.32 Å². The average Bonchev–Trinajstić information content (AvgIpc) is 2.95. The summed E-state index contributed by atoms with van der Waals surface area (Å²) in [5, 5.41) is 12.0. The van der Waals surface area contributed by atoms with E-state index in [0.29, 0.717) is 13.0 Å². The highest BCUT2D eigenvalue weighted by Gasteiger charge is 2.32. The fourth-order valence-electron chi connectivity index (χ4n) is 2.72. The van der Waals surface area contributed by atoms with Crippen LogP contribution >= 0.6 is 11.8 Å². The molecule has 0 heterocycles. The van der Waals surface area contributed by atoms with Gasteiger partial charge in [-0.15, -0.1) is 11.8 Å². The van der Waals surface area contributed by atoms with E-state index in [1.54, 1.807) is 11.8 Å². The van der Waals surface area contributed by atoms with E-state index in [-0.39, 0.29) is 17.7 Å². The third kappa shape index (κ3) is 5.08. The molecule has 0 aromatic heterocycles. The Morgan fingerprint density at radius 2 is 2.00 bits per heavy atom. The molecule has 0 bridgehead atoms. The normalized spacial score (nSPS) is 21.1. The minimum absolute atomic E-state index is 0.00877. The van der Waals surface area contributed by atoms with Gasteiger partial charge in [0.15, 0.2) is 0 Å². The summed E-state index contributed by atoms with van der Waals surface area (Å²) in [4.78, 5) is 24.0. The number of carboxylic acids is 1. The van der Waals surface area contributed by atoms with Crippen LogP contribution in [0.25, 0.3) is 0 Å². The number of rotatable bonds is 7. The molecule has 2 rings (SSSR count). The van der Waals surface area contributed by atoms with E-state index in [4.69, 9.17) is 5.11 Å². The highest BCUT2D eigenvalue weighted by Crippen LogP contribution is 2.31. The van der Waals surface area contributed by atoms with Crippen LogP contribution < -0.4 is 5.32 Å². The van der Waals surface area contributed by atoms with Crippen molar-refractivity contribution in [2.75, 3.05) is 12.3 Å². The Bertz CT molecular complexity index is 478. The zero-order valence-corrected chi connectivity index (χ0v) is 12.8. The number of aliphatic carboxylic acids is 1. The molecule has 0 radical (unpaired) electrons. The van der Waals surface area contributed by atoms with E-state index in [9.17, 15) is 9.59 Å². The molecular weight excluding hydrogens is 286 g/mol. The predicted molar refractivity (Wildman–Crippen MR) is 83.3 cm³/mol. The van der Waals surface area contributed by atoms with Gasteiger partial charge >= 0.3 is 5.97 Å². The SMILES string of the molecule is O=C(CCSc1ccccc1)NCC1CCCC1C(=O)O. The second-order valence-electron chi connectivity index (χ2n) is 5.35. The van der Waals surface area contributed by atoms with Crippen LogP contribution in [0.5, 0.6) is 0 Å². The van der Waals surface area contributed by atoms with Gasteiger partial charge in [0.05, 0.1) is 5.92 Å². The van der Waals surface area contributed by atoms with Crippen molar-refractivity contribution in [1.29, 1.82) is 0 Å². The Kier molecular flexibility index (Phi) is 6.11. The fraction of sp³-hybridized carbons (Fsp3) is 0.500. The molecule has 2 N–H and O–H groups in total. The molecular formula is C16H21NO3S. The molecule has 5 heteroatoms. The van der Waals surface area contributed by atoms with Crippen molar-refractivity contribution >= 4 is 23.6 Å². The van der Waals surface area contributed by atoms with Crippen molar-refractivity contribution in [3.8, 4) is 0 Å². The Morgan fingerprint density at radius 3 is 2.71 bits per heavy atom. The molecule has 1 amide bonds. The number of nitrogens with one attached hydrogen (secondary N) is 1. The summed E-state index contributed by atoms with van der Waals surface area (Å²) in [5.74, 6) is -0.179. The van der Waals surface area contributed by atoms with Gasteiger partial charge in [-0.05, 0) is 30.9 Å². The number of hydrogen-bond acceptors (Lipinski definition) is 3. The molecule has 1 fully saturated rings. The maximum absolute atomic E-state index is 11.8. The summed E-state index contributed by atoms with van der Waals surface area (Å²) >= 11 is 1.66. The van der Waals surface area contributed by atoms with Crippen molar-refractivity contribution in [2.45, 2.75) is 30.6 Å². The number of thioether (sulfide) groups is 1. The largest absolute Gasteiger partial charge is 0.481 e. The topological polar surface area (TPSA) is 66.4 Å². The van der Waals surface area contributed by atoms with Crippen LogP contribution in [0.1, 0.15) is 25.7 Å². The highest BCUT2D eigenvalue weighted by atomic mass is 32.2. The summed E-state index contributed by atoms with van der Waals surface area (Å²) < 4.78 is 0. The highest BCUT2D eigenvalue weighted by molar-refractivity contribution is 7.99. The first kappa shape index (κ1) is 15.9. The zero-order chi connectivity index (χ0) is 15.1. The maximum atomic E-state index is 11.8. The molecule has 2 unspecified atom stereocenters. The molecule has 1 saturated carbocycles. The van der Waals surface area contributed by atoms with Crippen molar-refractivity contribution in [3.63, 3.8) is 0 Å². The lowest BCUT2D eigenvalue weighted by Gasteiger charge is -2.16. The van der Waals surface area contributed by atoms with E-state index in [1.807, 2.05) is 30.3 Å². The van der Waals surface area contributed by atoms with Crippen LogP contribution in [0.3, 0.4) is 0 Å². The van der Waals surface area contributed by atoms with Crippen LogP contribution in [0.4, 0.5) is 0 Å². The number of carbonyl (C=O) groups excluding carboxylic acids is 1. The number of amides is 1. The molecule has 2 atom stereocenters.